The third-order valence-electron chi connectivity index (χ3n) is 4.97. The van der Waals surface area contributed by atoms with Gasteiger partial charge in [-0.05, 0) is 62.9 Å². The van der Waals surface area contributed by atoms with Gasteiger partial charge in [-0.2, -0.15) is 0 Å². The highest BCUT2D eigenvalue weighted by Gasteiger charge is 2.37. The van der Waals surface area contributed by atoms with Gasteiger partial charge in [0.05, 0.1) is 0 Å². The lowest BCUT2D eigenvalue weighted by Gasteiger charge is -2.36. The number of carbonyl (C=O) groups is 1. The van der Waals surface area contributed by atoms with E-state index in [0.29, 0.717) is 11.3 Å². The summed E-state index contributed by atoms with van der Waals surface area (Å²) in [5.41, 5.74) is 0.485. The van der Waals surface area contributed by atoms with Crippen LogP contribution in [0, 0.1) is 11.3 Å². The molecule has 0 aromatic carbocycles. The lowest BCUT2D eigenvalue weighted by molar-refractivity contribution is -0.130. The van der Waals surface area contributed by atoms with Crippen LogP contribution in [0.4, 0.5) is 0 Å². The fourth-order valence-corrected chi connectivity index (χ4v) is 3.41. The highest BCUT2D eigenvalue weighted by Crippen LogP contribution is 2.40. The minimum Gasteiger partial charge on any atom is -0.342 e. The Morgan fingerprint density at radius 2 is 1.94 bits per heavy atom. The van der Waals surface area contributed by atoms with Crippen LogP contribution >= 0.6 is 0 Å². The maximum atomic E-state index is 12.1. The summed E-state index contributed by atoms with van der Waals surface area (Å²) in [5.74, 6) is 1.26. The SMILES string of the molecule is O=C1CCC2(CCNCC2)CCN1CC1CC1. The maximum absolute atomic E-state index is 12.1. The van der Waals surface area contributed by atoms with Gasteiger partial charge in [0.25, 0.3) is 0 Å². The number of nitrogens with one attached hydrogen (secondary N) is 1. The predicted octanol–water partition coefficient (Wildman–Crippen LogP) is 1.78. The van der Waals surface area contributed by atoms with Crippen LogP contribution in [0.1, 0.15) is 44.9 Å². The molecule has 2 aliphatic heterocycles. The van der Waals surface area contributed by atoms with Gasteiger partial charge in [0.15, 0.2) is 0 Å². The highest BCUT2D eigenvalue weighted by atomic mass is 16.2. The largest absolute Gasteiger partial charge is 0.342 e. The van der Waals surface area contributed by atoms with Crippen LogP contribution in [0.15, 0.2) is 0 Å². The maximum Gasteiger partial charge on any atom is 0.222 e. The monoisotopic (exact) mass is 236 g/mol. The highest BCUT2D eigenvalue weighted by molar-refractivity contribution is 5.76. The van der Waals surface area contributed by atoms with Crippen LogP contribution in [0.2, 0.25) is 0 Å². The molecule has 3 aliphatic rings. The molecule has 1 amide bonds. The summed E-state index contributed by atoms with van der Waals surface area (Å²) in [6.07, 6.45) is 8.42. The van der Waals surface area contributed by atoms with Gasteiger partial charge in [-0.1, -0.05) is 0 Å². The van der Waals surface area contributed by atoms with E-state index < -0.39 is 0 Å². The van der Waals surface area contributed by atoms with Gasteiger partial charge in [0.2, 0.25) is 5.91 Å². The topological polar surface area (TPSA) is 32.3 Å². The van der Waals surface area contributed by atoms with E-state index in [1.165, 1.54) is 32.1 Å². The molecule has 2 saturated heterocycles. The van der Waals surface area contributed by atoms with Crippen molar-refractivity contribution in [1.82, 2.24) is 10.2 Å². The first kappa shape index (κ1) is 11.5. The summed E-state index contributed by atoms with van der Waals surface area (Å²) in [6, 6.07) is 0. The van der Waals surface area contributed by atoms with Gasteiger partial charge in [-0.3, -0.25) is 4.79 Å². The van der Waals surface area contributed by atoms with Gasteiger partial charge in [0.1, 0.15) is 0 Å². The van der Waals surface area contributed by atoms with Crippen LogP contribution in [0.25, 0.3) is 0 Å². The van der Waals surface area contributed by atoms with E-state index in [4.69, 9.17) is 0 Å². The molecular weight excluding hydrogens is 212 g/mol. The fourth-order valence-electron chi connectivity index (χ4n) is 3.41. The molecule has 3 rings (SSSR count). The lowest BCUT2D eigenvalue weighted by atomic mass is 9.73. The number of amides is 1. The Balaban J connectivity index is 1.62. The van der Waals surface area contributed by atoms with Crippen LogP contribution in [-0.2, 0) is 4.79 Å². The second kappa shape index (κ2) is 4.60. The van der Waals surface area contributed by atoms with Crippen LogP contribution in [-0.4, -0.2) is 37.0 Å². The zero-order chi connectivity index (χ0) is 11.7. The van der Waals surface area contributed by atoms with Crippen molar-refractivity contribution in [3.63, 3.8) is 0 Å². The number of piperidine rings is 1. The smallest absolute Gasteiger partial charge is 0.222 e. The van der Waals surface area contributed by atoms with Crippen molar-refractivity contribution in [3.05, 3.63) is 0 Å². The van der Waals surface area contributed by atoms with Crippen molar-refractivity contribution in [1.29, 1.82) is 0 Å². The second-order valence-electron chi connectivity index (χ2n) is 6.28. The van der Waals surface area contributed by atoms with Crippen LogP contribution < -0.4 is 5.32 Å². The molecule has 1 spiro atoms. The van der Waals surface area contributed by atoms with E-state index in [1.54, 1.807) is 0 Å². The molecule has 96 valence electrons. The first-order valence-corrected chi connectivity index (χ1v) is 7.26. The van der Waals surface area contributed by atoms with Crippen molar-refractivity contribution in [3.8, 4) is 0 Å². The number of hydrogen-bond donors (Lipinski definition) is 1. The molecule has 3 heteroatoms. The Bertz CT molecular complexity index is 293. The molecule has 0 aromatic rings. The van der Waals surface area contributed by atoms with E-state index in [9.17, 15) is 4.79 Å². The molecule has 0 atom stereocenters. The van der Waals surface area contributed by atoms with Gasteiger partial charge in [0, 0.05) is 19.5 Å². The van der Waals surface area contributed by atoms with Gasteiger partial charge in [-0.15, -0.1) is 0 Å². The zero-order valence-electron chi connectivity index (χ0n) is 10.7. The summed E-state index contributed by atoms with van der Waals surface area (Å²) in [5, 5.41) is 3.44. The lowest BCUT2D eigenvalue weighted by Crippen LogP contribution is -2.37. The van der Waals surface area contributed by atoms with Crippen molar-refractivity contribution >= 4 is 5.91 Å². The number of nitrogens with zero attached hydrogens (tertiary/aromatic N) is 1. The van der Waals surface area contributed by atoms with E-state index in [-0.39, 0.29) is 0 Å². The van der Waals surface area contributed by atoms with Crippen LogP contribution in [0.5, 0.6) is 0 Å². The Hall–Kier alpha value is -0.570. The minimum atomic E-state index is 0.423. The summed E-state index contributed by atoms with van der Waals surface area (Å²) in [6.45, 7) is 4.37. The number of carbonyl (C=O) groups excluding carboxylic acids is 1. The average molecular weight is 236 g/mol. The number of hydrogen-bond acceptors (Lipinski definition) is 2. The van der Waals surface area contributed by atoms with Gasteiger partial charge >= 0.3 is 0 Å². The third kappa shape index (κ3) is 2.65. The summed E-state index contributed by atoms with van der Waals surface area (Å²) in [4.78, 5) is 14.3. The third-order valence-corrected chi connectivity index (χ3v) is 4.97. The van der Waals surface area contributed by atoms with E-state index in [1.807, 2.05) is 0 Å². The quantitative estimate of drug-likeness (QED) is 0.792. The van der Waals surface area contributed by atoms with E-state index in [0.717, 1.165) is 44.9 Å². The molecule has 1 N–H and O–H groups in total. The molecule has 3 nitrogen and oxygen atoms in total. The van der Waals surface area contributed by atoms with E-state index in [2.05, 4.69) is 10.2 Å². The van der Waals surface area contributed by atoms with Crippen LogP contribution in [0.3, 0.4) is 0 Å². The molecule has 0 unspecified atom stereocenters. The van der Waals surface area contributed by atoms with Gasteiger partial charge in [-0.25, -0.2) is 0 Å². The molecule has 0 bridgehead atoms. The molecular formula is C14H24N2O. The Morgan fingerprint density at radius 1 is 1.18 bits per heavy atom. The molecule has 0 aromatic heterocycles. The Labute approximate surface area is 104 Å². The molecule has 0 radical (unpaired) electrons. The van der Waals surface area contributed by atoms with Crippen molar-refractivity contribution in [2.75, 3.05) is 26.2 Å². The molecule has 1 aliphatic carbocycles. The molecule has 1 saturated carbocycles. The molecule has 17 heavy (non-hydrogen) atoms. The van der Waals surface area contributed by atoms with Crippen molar-refractivity contribution in [2.24, 2.45) is 11.3 Å². The standard InChI is InChI=1S/C14H24N2O/c17-13-3-4-14(5-8-15-9-6-14)7-10-16(13)11-12-1-2-12/h12,15H,1-11H2. The Kier molecular flexibility index (Phi) is 3.12. The Morgan fingerprint density at radius 3 is 2.65 bits per heavy atom. The first-order chi connectivity index (χ1) is 8.27. The van der Waals surface area contributed by atoms with Gasteiger partial charge < -0.3 is 10.2 Å². The number of likely N-dealkylation sites (tertiary alicyclic amines) is 1. The molecule has 3 fully saturated rings. The molecule has 2 heterocycles. The van der Waals surface area contributed by atoms with E-state index >= 15 is 0 Å². The first-order valence-electron chi connectivity index (χ1n) is 7.26. The minimum absolute atomic E-state index is 0.423. The average Bonchev–Trinajstić information content (AvgIpc) is 3.17. The summed E-state index contributed by atoms with van der Waals surface area (Å²) in [7, 11) is 0. The predicted molar refractivity (Wildman–Crippen MR) is 67.7 cm³/mol. The normalized spacial score (nSPS) is 29.4. The van der Waals surface area contributed by atoms with Crippen molar-refractivity contribution < 1.29 is 4.79 Å². The van der Waals surface area contributed by atoms with Crippen molar-refractivity contribution in [2.45, 2.75) is 44.9 Å². The summed E-state index contributed by atoms with van der Waals surface area (Å²) < 4.78 is 0. The second-order valence-corrected chi connectivity index (χ2v) is 6.28. The summed E-state index contributed by atoms with van der Waals surface area (Å²) >= 11 is 0. The number of rotatable bonds is 2. The fraction of sp³-hybridized carbons (Fsp3) is 0.929. The zero-order valence-corrected chi connectivity index (χ0v) is 10.7.